The zero-order chi connectivity index (χ0) is 21.7. The summed E-state index contributed by atoms with van der Waals surface area (Å²) in [7, 11) is -1.07. The molecular weight excluding hydrogens is 406 g/mol. The highest BCUT2D eigenvalue weighted by Crippen LogP contribution is 2.30. The van der Waals surface area contributed by atoms with E-state index in [0.29, 0.717) is 17.1 Å². The Balaban J connectivity index is 2.11. The fourth-order valence-corrected chi connectivity index (χ4v) is 4.54. The van der Waals surface area contributed by atoms with E-state index in [0.717, 1.165) is 5.56 Å². The summed E-state index contributed by atoms with van der Waals surface area (Å²) < 4.78 is 39.5. The number of hydrogen-bond acceptors (Lipinski definition) is 6. The van der Waals surface area contributed by atoms with Crippen LogP contribution in [0.1, 0.15) is 21.5 Å². The van der Waals surface area contributed by atoms with Gasteiger partial charge in [0.25, 0.3) is 10.0 Å². The average Bonchev–Trinajstić information content (AvgIpc) is 2.74. The zero-order valence-electron chi connectivity index (χ0n) is 16.5. The summed E-state index contributed by atoms with van der Waals surface area (Å²) in [6.07, 6.45) is 3.09. The molecule has 0 spiro atoms. The minimum absolute atomic E-state index is 0.101. The SMILES string of the molecule is COc1ccc(Cc2cccc(C(N)=O)c2S(=O)(=O)Nc2cccnc2)c(OC)c1. The van der Waals surface area contributed by atoms with Gasteiger partial charge in [-0.3, -0.25) is 14.5 Å². The topological polar surface area (TPSA) is 121 Å². The largest absolute Gasteiger partial charge is 0.497 e. The predicted octanol–water partition coefficient (Wildman–Crippen LogP) is 2.59. The highest BCUT2D eigenvalue weighted by atomic mass is 32.2. The molecule has 0 saturated heterocycles. The Morgan fingerprint density at radius 2 is 1.87 bits per heavy atom. The van der Waals surface area contributed by atoms with Crippen molar-refractivity contribution in [2.45, 2.75) is 11.3 Å². The molecule has 1 heterocycles. The molecule has 0 unspecified atom stereocenters. The van der Waals surface area contributed by atoms with Crippen LogP contribution in [0.4, 0.5) is 5.69 Å². The van der Waals surface area contributed by atoms with Crippen LogP contribution in [0.15, 0.2) is 65.8 Å². The van der Waals surface area contributed by atoms with Gasteiger partial charge >= 0.3 is 0 Å². The highest BCUT2D eigenvalue weighted by Gasteiger charge is 2.26. The Morgan fingerprint density at radius 3 is 2.50 bits per heavy atom. The summed E-state index contributed by atoms with van der Waals surface area (Å²) in [5, 5.41) is 0. The van der Waals surface area contributed by atoms with E-state index in [2.05, 4.69) is 9.71 Å². The Hall–Kier alpha value is -3.59. The molecule has 30 heavy (non-hydrogen) atoms. The molecule has 2 aromatic carbocycles. The molecule has 1 aromatic heterocycles. The van der Waals surface area contributed by atoms with E-state index in [4.69, 9.17) is 15.2 Å². The van der Waals surface area contributed by atoms with Crippen molar-refractivity contribution < 1.29 is 22.7 Å². The summed E-state index contributed by atoms with van der Waals surface area (Å²) in [5.74, 6) is 0.292. The third-order valence-corrected chi connectivity index (χ3v) is 5.94. The van der Waals surface area contributed by atoms with Gasteiger partial charge in [-0.25, -0.2) is 8.42 Å². The summed E-state index contributed by atoms with van der Waals surface area (Å²) >= 11 is 0. The quantitative estimate of drug-likeness (QED) is 0.570. The zero-order valence-corrected chi connectivity index (χ0v) is 17.3. The number of anilines is 1. The van der Waals surface area contributed by atoms with Crippen LogP contribution in [0.25, 0.3) is 0 Å². The maximum absolute atomic E-state index is 13.2. The van der Waals surface area contributed by atoms with Crippen LogP contribution < -0.4 is 19.9 Å². The van der Waals surface area contributed by atoms with E-state index < -0.39 is 15.9 Å². The number of amides is 1. The Kier molecular flexibility index (Phi) is 6.22. The van der Waals surface area contributed by atoms with Crippen LogP contribution >= 0.6 is 0 Å². The Morgan fingerprint density at radius 1 is 1.07 bits per heavy atom. The number of pyridine rings is 1. The highest BCUT2D eigenvalue weighted by molar-refractivity contribution is 7.92. The van der Waals surface area contributed by atoms with Crippen molar-refractivity contribution in [3.8, 4) is 11.5 Å². The summed E-state index contributed by atoms with van der Waals surface area (Å²) in [6.45, 7) is 0. The number of aromatic nitrogens is 1. The maximum atomic E-state index is 13.2. The van der Waals surface area contributed by atoms with Crippen LogP contribution in [0.5, 0.6) is 11.5 Å². The van der Waals surface area contributed by atoms with Gasteiger partial charge in [0.05, 0.1) is 31.7 Å². The molecule has 3 N–H and O–H groups in total. The number of carbonyl (C=O) groups excluding carboxylic acids is 1. The number of nitrogens with zero attached hydrogens (tertiary/aromatic N) is 1. The lowest BCUT2D eigenvalue weighted by molar-refractivity contribution is 0.0997. The molecule has 8 nitrogen and oxygen atoms in total. The number of nitrogens with one attached hydrogen (secondary N) is 1. The fraction of sp³-hybridized carbons (Fsp3) is 0.143. The second-order valence-corrected chi connectivity index (χ2v) is 7.98. The fourth-order valence-electron chi connectivity index (χ4n) is 3.07. The van der Waals surface area contributed by atoms with Crippen LogP contribution in [0.3, 0.4) is 0 Å². The summed E-state index contributed by atoms with van der Waals surface area (Å²) in [6, 6.07) is 13.0. The molecule has 9 heteroatoms. The van der Waals surface area contributed by atoms with E-state index in [1.165, 1.54) is 25.6 Å². The van der Waals surface area contributed by atoms with E-state index in [1.807, 2.05) is 0 Å². The molecule has 0 aliphatic rings. The van der Waals surface area contributed by atoms with Gasteiger partial charge in [-0.05, 0) is 35.4 Å². The number of sulfonamides is 1. The molecule has 0 radical (unpaired) electrons. The first-order valence-electron chi connectivity index (χ1n) is 8.91. The van der Waals surface area contributed by atoms with Crippen molar-refractivity contribution >= 4 is 21.6 Å². The van der Waals surface area contributed by atoms with Crippen molar-refractivity contribution in [2.24, 2.45) is 5.73 Å². The van der Waals surface area contributed by atoms with Gasteiger partial charge in [-0.1, -0.05) is 18.2 Å². The van der Waals surface area contributed by atoms with Crippen molar-refractivity contribution in [3.63, 3.8) is 0 Å². The Labute approximate surface area is 174 Å². The van der Waals surface area contributed by atoms with Gasteiger partial charge in [0.1, 0.15) is 16.4 Å². The third-order valence-electron chi connectivity index (χ3n) is 4.42. The third kappa shape index (κ3) is 4.52. The van der Waals surface area contributed by atoms with Gasteiger partial charge in [-0.15, -0.1) is 0 Å². The van der Waals surface area contributed by atoms with E-state index in [9.17, 15) is 13.2 Å². The van der Waals surface area contributed by atoms with E-state index in [-0.39, 0.29) is 22.6 Å². The van der Waals surface area contributed by atoms with Crippen LogP contribution in [0, 0.1) is 0 Å². The molecule has 0 bridgehead atoms. The number of ether oxygens (including phenoxy) is 2. The summed E-state index contributed by atoms with van der Waals surface area (Å²) in [5.41, 5.74) is 6.76. The van der Waals surface area contributed by atoms with Gasteiger partial charge in [-0.2, -0.15) is 0 Å². The first-order valence-corrected chi connectivity index (χ1v) is 10.4. The molecule has 1 amide bonds. The number of benzene rings is 2. The van der Waals surface area contributed by atoms with Crippen LogP contribution in [-0.4, -0.2) is 33.5 Å². The molecule has 3 rings (SSSR count). The molecule has 0 aliphatic carbocycles. The summed E-state index contributed by atoms with van der Waals surface area (Å²) in [4.78, 5) is 15.7. The standard InChI is InChI=1S/C21H21N3O5S/c1-28-17-9-8-14(19(12-17)29-2)11-15-5-3-7-18(21(22)25)20(15)30(26,27)24-16-6-4-10-23-13-16/h3-10,12-13,24H,11H2,1-2H3,(H2,22,25). The molecule has 3 aromatic rings. The second kappa shape index (κ2) is 8.83. The van der Waals surface area contributed by atoms with Gasteiger partial charge in [0.2, 0.25) is 5.91 Å². The molecule has 0 saturated carbocycles. The van der Waals surface area contributed by atoms with E-state index >= 15 is 0 Å². The number of hydrogen-bond donors (Lipinski definition) is 2. The Bertz CT molecular complexity index is 1160. The lowest BCUT2D eigenvalue weighted by Gasteiger charge is -2.16. The number of nitrogens with two attached hydrogens (primary N) is 1. The van der Waals surface area contributed by atoms with Crippen LogP contribution in [-0.2, 0) is 16.4 Å². The first-order chi connectivity index (χ1) is 14.4. The lowest BCUT2D eigenvalue weighted by atomic mass is 10.0. The molecule has 0 aliphatic heterocycles. The minimum atomic E-state index is -4.13. The molecule has 156 valence electrons. The van der Waals surface area contributed by atoms with Crippen molar-refractivity contribution in [1.82, 2.24) is 4.98 Å². The number of rotatable bonds is 8. The monoisotopic (exact) mass is 427 g/mol. The van der Waals surface area contributed by atoms with Crippen molar-refractivity contribution in [1.29, 1.82) is 0 Å². The van der Waals surface area contributed by atoms with Crippen molar-refractivity contribution in [2.75, 3.05) is 18.9 Å². The molecule has 0 atom stereocenters. The molecule has 0 fully saturated rings. The number of carbonyl (C=O) groups is 1. The van der Waals surface area contributed by atoms with Gasteiger partial charge in [0, 0.05) is 18.7 Å². The smallest absolute Gasteiger partial charge is 0.263 e. The lowest BCUT2D eigenvalue weighted by Crippen LogP contribution is -2.22. The molecular formula is C21H21N3O5S. The van der Waals surface area contributed by atoms with Crippen LogP contribution in [0.2, 0.25) is 0 Å². The average molecular weight is 427 g/mol. The van der Waals surface area contributed by atoms with Gasteiger partial charge in [0.15, 0.2) is 0 Å². The van der Waals surface area contributed by atoms with Crippen molar-refractivity contribution in [3.05, 3.63) is 77.6 Å². The predicted molar refractivity (Wildman–Crippen MR) is 112 cm³/mol. The first kappa shape index (κ1) is 21.1. The number of methoxy groups -OCH3 is 2. The number of primary amides is 1. The normalized spacial score (nSPS) is 11.0. The minimum Gasteiger partial charge on any atom is -0.497 e. The maximum Gasteiger partial charge on any atom is 0.263 e. The van der Waals surface area contributed by atoms with E-state index in [1.54, 1.807) is 49.6 Å². The second-order valence-electron chi connectivity index (χ2n) is 6.36. The van der Waals surface area contributed by atoms with Gasteiger partial charge < -0.3 is 15.2 Å².